The van der Waals surface area contributed by atoms with E-state index in [2.05, 4.69) is 5.32 Å². The standard InChI is InChI=1S/C15H27BN2O4/c1-10(19)8-13-6-7-14(16(21)22-13)18-15(20)9-11-2-4-12(17)5-3-11/h11-14,21H,2-9,17H2,1H3,(H,18,20)/t11-,12+,13-,14-/m0/s1. The quantitative estimate of drug-likeness (QED) is 0.644. The average Bonchev–Trinajstić information content (AvgIpc) is 2.44. The van der Waals surface area contributed by atoms with Crippen LogP contribution < -0.4 is 11.1 Å². The van der Waals surface area contributed by atoms with E-state index in [1.54, 1.807) is 0 Å². The fraction of sp³-hybridized carbons (Fsp3) is 0.867. The van der Waals surface area contributed by atoms with E-state index < -0.39 is 7.12 Å². The molecule has 7 heteroatoms. The van der Waals surface area contributed by atoms with Crippen molar-refractivity contribution in [1.82, 2.24) is 5.32 Å². The molecule has 1 heterocycles. The summed E-state index contributed by atoms with van der Waals surface area (Å²) in [5, 5.41) is 12.8. The molecule has 1 saturated carbocycles. The summed E-state index contributed by atoms with van der Waals surface area (Å²) in [5.74, 6) is 0.0433. The van der Waals surface area contributed by atoms with Crippen LogP contribution in [0.15, 0.2) is 0 Å². The molecule has 0 bridgehead atoms. The van der Waals surface area contributed by atoms with Crippen LogP contribution in [0.5, 0.6) is 0 Å². The van der Waals surface area contributed by atoms with Crippen molar-refractivity contribution in [2.24, 2.45) is 11.7 Å². The van der Waals surface area contributed by atoms with Gasteiger partial charge in [0.25, 0.3) is 0 Å². The Bertz CT molecular complexity index is 399. The first-order valence-corrected chi connectivity index (χ1v) is 8.32. The maximum atomic E-state index is 12.1. The molecule has 6 nitrogen and oxygen atoms in total. The third kappa shape index (κ3) is 5.37. The number of Topliss-reactive ketones (excluding diaryl/α,β-unsaturated/α-hetero) is 1. The van der Waals surface area contributed by atoms with Gasteiger partial charge in [0.2, 0.25) is 5.91 Å². The SMILES string of the molecule is CC(=O)C[C@@H]1CC[C@H](NC(=O)C[C@H]2CC[C@@H](N)CC2)B(O)O1. The van der Waals surface area contributed by atoms with E-state index in [4.69, 9.17) is 10.4 Å². The van der Waals surface area contributed by atoms with Crippen molar-refractivity contribution < 1.29 is 19.3 Å². The van der Waals surface area contributed by atoms with E-state index in [9.17, 15) is 14.6 Å². The lowest BCUT2D eigenvalue weighted by molar-refractivity contribution is -0.123. The lowest BCUT2D eigenvalue weighted by atomic mass is 9.72. The van der Waals surface area contributed by atoms with Crippen LogP contribution in [0.4, 0.5) is 0 Å². The number of rotatable bonds is 5. The summed E-state index contributed by atoms with van der Waals surface area (Å²) < 4.78 is 5.42. The highest BCUT2D eigenvalue weighted by atomic mass is 16.5. The maximum Gasteiger partial charge on any atom is 0.478 e. The summed E-state index contributed by atoms with van der Waals surface area (Å²) in [5.41, 5.74) is 5.87. The van der Waals surface area contributed by atoms with Gasteiger partial charge in [-0.15, -0.1) is 0 Å². The van der Waals surface area contributed by atoms with Crippen molar-refractivity contribution in [3.05, 3.63) is 0 Å². The van der Waals surface area contributed by atoms with Crippen LogP contribution in [0, 0.1) is 5.92 Å². The second-order valence-corrected chi connectivity index (χ2v) is 6.79. The molecule has 0 aromatic rings. The van der Waals surface area contributed by atoms with Gasteiger partial charge in [0.1, 0.15) is 5.78 Å². The molecule has 22 heavy (non-hydrogen) atoms. The lowest BCUT2D eigenvalue weighted by Gasteiger charge is -2.32. The molecular formula is C15H27BN2O4. The zero-order valence-corrected chi connectivity index (χ0v) is 13.3. The molecule has 1 aliphatic carbocycles. The van der Waals surface area contributed by atoms with E-state index in [0.29, 0.717) is 31.6 Å². The van der Waals surface area contributed by atoms with Crippen LogP contribution in [0.25, 0.3) is 0 Å². The number of hydrogen-bond donors (Lipinski definition) is 3. The van der Waals surface area contributed by atoms with E-state index >= 15 is 0 Å². The minimum absolute atomic E-state index is 0.0295. The van der Waals surface area contributed by atoms with Gasteiger partial charge >= 0.3 is 7.12 Å². The monoisotopic (exact) mass is 310 g/mol. The van der Waals surface area contributed by atoms with Crippen LogP contribution >= 0.6 is 0 Å². The minimum atomic E-state index is -1.03. The van der Waals surface area contributed by atoms with Crippen molar-refractivity contribution in [3.8, 4) is 0 Å². The first-order chi connectivity index (χ1) is 10.4. The average molecular weight is 310 g/mol. The Balaban J connectivity index is 1.72. The van der Waals surface area contributed by atoms with Gasteiger partial charge in [0, 0.05) is 25.0 Å². The molecule has 2 atom stereocenters. The molecule has 1 saturated heterocycles. The van der Waals surface area contributed by atoms with Crippen molar-refractivity contribution >= 4 is 18.8 Å². The summed E-state index contributed by atoms with van der Waals surface area (Å²) in [6.45, 7) is 1.51. The largest absolute Gasteiger partial charge is 0.478 e. The number of carbonyl (C=O) groups excluding carboxylic acids is 2. The molecule has 4 N–H and O–H groups in total. The van der Waals surface area contributed by atoms with E-state index in [1.165, 1.54) is 6.92 Å². The molecule has 1 amide bonds. The molecule has 0 unspecified atom stereocenters. The predicted octanol–water partition coefficient (Wildman–Crippen LogP) is 0.557. The Labute approximate surface area is 132 Å². The lowest BCUT2D eigenvalue weighted by Crippen LogP contribution is -2.53. The van der Waals surface area contributed by atoms with Gasteiger partial charge in [0.15, 0.2) is 0 Å². The molecule has 1 aliphatic heterocycles. The third-order valence-corrected chi connectivity index (χ3v) is 4.70. The Hall–Kier alpha value is -0.915. The second kappa shape index (κ2) is 8.08. The Morgan fingerprint density at radius 2 is 1.86 bits per heavy atom. The topological polar surface area (TPSA) is 102 Å². The highest BCUT2D eigenvalue weighted by Gasteiger charge is 2.36. The van der Waals surface area contributed by atoms with Gasteiger partial charge in [-0.25, -0.2) is 0 Å². The highest BCUT2D eigenvalue weighted by Crippen LogP contribution is 2.26. The van der Waals surface area contributed by atoms with Crippen molar-refractivity contribution in [1.29, 1.82) is 0 Å². The normalized spacial score (nSPS) is 32.6. The number of nitrogens with two attached hydrogens (primary N) is 1. The van der Waals surface area contributed by atoms with Gasteiger partial charge < -0.3 is 20.7 Å². The number of nitrogens with one attached hydrogen (secondary N) is 1. The van der Waals surface area contributed by atoms with E-state index in [-0.39, 0.29) is 29.8 Å². The summed E-state index contributed by atoms with van der Waals surface area (Å²) in [6, 6.07) is 0.283. The molecular weight excluding hydrogens is 283 g/mol. The maximum absolute atomic E-state index is 12.1. The van der Waals surface area contributed by atoms with Gasteiger partial charge in [-0.2, -0.15) is 0 Å². The summed E-state index contributed by atoms with van der Waals surface area (Å²) in [6.07, 6.45) is 5.87. The Morgan fingerprint density at radius 1 is 1.18 bits per heavy atom. The van der Waals surface area contributed by atoms with Crippen molar-refractivity contribution in [3.63, 3.8) is 0 Å². The molecule has 124 valence electrons. The van der Waals surface area contributed by atoms with Gasteiger partial charge in [-0.05, 0) is 51.4 Å². The van der Waals surface area contributed by atoms with Gasteiger partial charge in [-0.1, -0.05) is 0 Å². The molecule has 0 radical (unpaired) electrons. The molecule has 0 aromatic heterocycles. The molecule has 2 rings (SSSR count). The van der Waals surface area contributed by atoms with Crippen LogP contribution in [0.2, 0.25) is 0 Å². The van der Waals surface area contributed by atoms with Crippen LogP contribution in [-0.4, -0.2) is 41.9 Å². The van der Waals surface area contributed by atoms with E-state index in [0.717, 1.165) is 25.7 Å². The smallest absolute Gasteiger partial charge is 0.426 e. The Morgan fingerprint density at radius 3 is 2.45 bits per heavy atom. The molecule has 0 aromatic carbocycles. The van der Waals surface area contributed by atoms with Crippen LogP contribution in [-0.2, 0) is 14.2 Å². The summed E-state index contributed by atoms with van der Waals surface area (Å²) >= 11 is 0. The first-order valence-electron chi connectivity index (χ1n) is 8.32. The first kappa shape index (κ1) is 17.4. The molecule has 2 fully saturated rings. The highest BCUT2D eigenvalue weighted by molar-refractivity contribution is 6.45. The van der Waals surface area contributed by atoms with Crippen molar-refractivity contribution in [2.75, 3.05) is 0 Å². The number of carbonyl (C=O) groups is 2. The number of amides is 1. The third-order valence-electron chi connectivity index (χ3n) is 4.70. The zero-order valence-electron chi connectivity index (χ0n) is 13.3. The van der Waals surface area contributed by atoms with Crippen LogP contribution in [0.3, 0.4) is 0 Å². The molecule has 2 aliphatic rings. The van der Waals surface area contributed by atoms with Gasteiger partial charge in [-0.3, -0.25) is 9.59 Å². The van der Waals surface area contributed by atoms with E-state index in [1.807, 2.05) is 0 Å². The summed E-state index contributed by atoms with van der Waals surface area (Å²) in [4.78, 5) is 23.2. The number of ketones is 1. The fourth-order valence-electron chi connectivity index (χ4n) is 3.40. The fourth-order valence-corrected chi connectivity index (χ4v) is 3.40. The van der Waals surface area contributed by atoms with Crippen LogP contribution in [0.1, 0.15) is 58.3 Å². The second-order valence-electron chi connectivity index (χ2n) is 6.79. The number of hydrogen-bond acceptors (Lipinski definition) is 5. The zero-order chi connectivity index (χ0) is 16.1. The van der Waals surface area contributed by atoms with Crippen molar-refractivity contribution in [2.45, 2.75) is 76.4 Å². The minimum Gasteiger partial charge on any atom is -0.426 e. The van der Waals surface area contributed by atoms with Gasteiger partial charge in [0.05, 0.1) is 5.94 Å². The predicted molar refractivity (Wildman–Crippen MR) is 83.9 cm³/mol. The molecule has 0 spiro atoms. The summed E-state index contributed by atoms with van der Waals surface area (Å²) in [7, 11) is -1.03. The Kier molecular flexibility index (Phi) is 6.41.